The first kappa shape index (κ1) is 11.8. The van der Waals surface area contributed by atoms with Gasteiger partial charge in [0.05, 0.1) is 0 Å². The maximum atomic E-state index is 4.44. The highest BCUT2D eigenvalue weighted by Gasteiger charge is 2.13. The van der Waals surface area contributed by atoms with E-state index in [9.17, 15) is 0 Å². The van der Waals surface area contributed by atoms with Crippen LogP contribution < -0.4 is 5.32 Å². The Kier molecular flexibility index (Phi) is 4.81. The molecule has 0 radical (unpaired) electrons. The number of aromatic nitrogens is 1. The molecule has 0 spiro atoms. The molecular weight excluding hydrogens is 244 g/mol. The fourth-order valence-electron chi connectivity index (χ4n) is 1.48. The second-order valence-corrected chi connectivity index (χ2v) is 7.08. The van der Waals surface area contributed by atoms with Gasteiger partial charge in [0.25, 0.3) is 0 Å². The summed E-state index contributed by atoms with van der Waals surface area (Å²) in [6, 6.07) is 0. The Morgan fingerprint density at radius 2 is 2.47 bits per heavy atom. The van der Waals surface area contributed by atoms with Crippen molar-refractivity contribution in [1.82, 2.24) is 10.3 Å². The number of thiazole rings is 1. The predicted octanol–water partition coefficient (Wildman–Crippen LogP) is 2.39. The summed E-state index contributed by atoms with van der Waals surface area (Å²) in [5.41, 5.74) is 1.14. The average molecular weight is 260 g/mol. The molecule has 1 aliphatic rings. The molecular formula is C10H16N2S3. The molecule has 0 saturated carbocycles. The Labute approximate surface area is 104 Å². The van der Waals surface area contributed by atoms with E-state index >= 15 is 0 Å². The van der Waals surface area contributed by atoms with E-state index < -0.39 is 0 Å². The smallest absolute Gasteiger partial charge is 0.107 e. The van der Waals surface area contributed by atoms with Gasteiger partial charge in [-0.15, -0.1) is 11.3 Å². The van der Waals surface area contributed by atoms with Crippen LogP contribution in [0.5, 0.6) is 0 Å². The minimum Gasteiger partial charge on any atom is -0.309 e. The van der Waals surface area contributed by atoms with Gasteiger partial charge in [-0.05, 0) is 6.92 Å². The van der Waals surface area contributed by atoms with E-state index in [4.69, 9.17) is 0 Å². The van der Waals surface area contributed by atoms with Crippen molar-refractivity contribution in [2.45, 2.75) is 18.7 Å². The highest BCUT2D eigenvalue weighted by molar-refractivity contribution is 8.06. The van der Waals surface area contributed by atoms with Crippen LogP contribution in [0.15, 0.2) is 5.38 Å². The zero-order valence-electron chi connectivity index (χ0n) is 8.86. The van der Waals surface area contributed by atoms with E-state index in [0.717, 1.165) is 24.0 Å². The first-order chi connectivity index (χ1) is 7.34. The zero-order valence-corrected chi connectivity index (χ0v) is 11.3. The van der Waals surface area contributed by atoms with Gasteiger partial charge in [0.15, 0.2) is 0 Å². The minimum absolute atomic E-state index is 0.796. The van der Waals surface area contributed by atoms with Crippen LogP contribution in [-0.2, 0) is 6.54 Å². The van der Waals surface area contributed by atoms with E-state index in [-0.39, 0.29) is 0 Å². The Morgan fingerprint density at radius 1 is 1.53 bits per heavy atom. The molecule has 15 heavy (non-hydrogen) atoms. The summed E-state index contributed by atoms with van der Waals surface area (Å²) in [4.78, 5) is 4.44. The van der Waals surface area contributed by atoms with Crippen LogP contribution in [0, 0.1) is 6.92 Å². The lowest BCUT2D eigenvalue weighted by molar-refractivity contribution is 0.682. The minimum atomic E-state index is 0.796. The lowest BCUT2D eigenvalue weighted by Gasteiger charge is -2.20. The Morgan fingerprint density at radius 3 is 3.13 bits per heavy atom. The van der Waals surface area contributed by atoms with E-state index in [2.05, 4.69) is 39.2 Å². The number of thioether (sulfide) groups is 2. The van der Waals surface area contributed by atoms with Crippen molar-refractivity contribution in [3.05, 3.63) is 16.1 Å². The van der Waals surface area contributed by atoms with Gasteiger partial charge in [-0.25, -0.2) is 4.98 Å². The molecule has 0 bridgehead atoms. The molecule has 2 nitrogen and oxygen atoms in total. The molecule has 1 aromatic rings. The van der Waals surface area contributed by atoms with Crippen LogP contribution in [-0.4, -0.2) is 34.0 Å². The Bertz CT molecular complexity index is 295. The third kappa shape index (κ3) is 3.98. The van der Waals surface area contributed by atoms with Crippen LogP contribution in [0.3, 0.4) is 0 Å². The summed E-state index contributed by atoms with van der Waals surface area (Å²) >= 11 is 5.93. The molecule has 1 aliphatic heterocycles. The summed E-state index contributed by atoms with van der Waals surface area (Å²) < 4.78 is 0. The maximum Gasteiger partial charge on any atom is 0.107 e. The fourth-order valence-corrected chi connectivity index (χ4v) is 4.87. The number of rotatable bonds is 4. The summed E-state index contributed by atoms with van der Waals surface area (Å²) in [5, 5.41) is 7.62. The fraction of sp³-hybridized carbons (Fsp3) is 0.700. The maximum absolute atomic E-state index is 4.44. The first-order valence-corrected chi connectivity index (χ1v) is 8.24. The molecule has 1 atom stereocenters. The molecule has 5 heteroatoms. The molecule has 1 N–H and O–H groups in total. The predicted molar refractivity (Wildman–Crippen MR) is 72.1 cm³/mol. The quantitative estimate of drug-likeness (QED) is 0.898. The van der Waals surface area contributed by atoms with E-state index in [0.29, 0.717) is 0 Å². The van der Waals surface area contributed by atoms with Crippen LogP contribution in [0.2, 0.25) is 0 Å². The van der Waals surface area contributed by atoms with Gasteiger partial charge in [-0.1, -0.05) is 0 Å². The normalized spacial score (nSPS) is 21.8. The topological polar surface area (TPSA) is 24.9 Å². The summed E-state index contributed by atoms with van der Waals surface area (Å²) in [7, 11) is 0. The van der Waals surface area contributed by atoms with Crippen LogP contribution in [0.25, 0.3) is 0 Å². The lowest BCUT2D eigenvalue weighted by atomic mass is 10.4. The van der Waals surface area contributed by atoms with Crippen molar-refractivity contribution in [3.63, 3.8) is 0 Å². The highest BCUT2D eigenvalue weighted by Crippen LogP contribution is 2.23. The summed E-state index contributed by atoms with van der Waals surface area (Å²) in [6.07, 6.45) is 0. The SMILES string of the molecule is Cc1csc(CNCC2CSCCS2)n1. The van der Waals surface area contributed by atoms with Gasteiger partial charge in [0.2, 0.25) is 0 Å². The average Bonchev–Trinajstić information content (AvgIpc) is 2.66. The monoisotopic (exact) mass is 260 g/mol. The first-order valence-electron chi connectivity index (χ1n) is 5.15. The van der Waals surface area contributed by atoms with Gasteiger partial charge < -0.3 is 5.32 Å². The van der Waals surface area contributed by atoms with Crippen LogP contribution >= 0.6 is 34.9 Å². The second kappa shape index (κ2) is 6.13. The van der Waals surface area contributed by atoms with Gasteiger partial charge in [-0.3, -0.25) is 0 Å². The molecule has 1 saturated heterocycles. The number of hydrogen-bond acceptors (Lipinski definition) is 5. The molecule has 2 heterocycles. The molecule has 0 amide bonds. The van der Waals surface area contributed by atoms with E-state index in [1.165, 1.54) is 22.3 Å². The summed E-state index contributed by atoms with van der Waals surface area (Å²) in [5.74, 6) is 3.94. The van der Waals surface area contributed by atoms with Gasteiger partial charge in [0, 0.05) is 46.7 Å². The molecule has 2 rings (SSSR count). The molecule has 0 aliphatic carbocycles. The number of hydrogen-bond donors (Lipinski definition) is 1. The van der Waals surface area contributed by atoms with Crippen LogP contribution in [0.4, 0.5) is 0 Å². The van der Waals surface area contributed by atoms with Crippen molar-refractivity contribution in [3.8, 4) is 0 Å². The van der Waals surface area contributed by atoms with Gasteiger partial charge in [0.1, 0.15) is 5.01 Å². The van der Waals surface area contributed by atoms with Gasteiger partial charge >= 0.3 is 0 Å². The lowest BCUT2D eigenvalue weighted by Crippen LogP contribution is -2.28. The van der Waals surface area contributed by atoms with Crippen LogP contribution in [0.1, 0.15) is 10.7 Å². The highest BCUT2D eigenvalue weighted by atomic mass is 32.2. The van der Waals surface area contributed by atoms with E-state index in [1.54, 1.807) is 11.3 Å². The Balaban J connectivity index is 1.65. The van der Waals surface area contributed by atoms with Crippen molar-refractivity contribution in [2.24, 2.45) is 0 Å². The number of nitrogens with one attached hydrogen (secondary N) is 1. The number of aryl methyl sites for hydroxylation is 1. The number of nitrogens with zero attached hydrogens (tertiary/aromatic N) is 1. The largest absolute Gasteiger partial charge is 0.309 e. The Hall–Kier alpha value is 0.290. The molecule has 1 fully saturated rings. The van der Waals surface area contributed by atoms with Crippen molar-refractivity contribution < 1.29 is 0 Å². The second-order valence-electron chi connectivity index (χ2n) is 3.58. The van der Waals surface area contributed by atoms with Crippen molar-refractivity contribution >= 4 is 34.9 Å². The standard InChI is InChI=1S/C10H16N2S3/c1-8-6-15-10(12-8)5-11-4-9-7-13-2-3-14-9/h6,9,11H,2-5,7H2,1H3. The third-order valence-corrected chi connectivity index (χ3v) is 6.01. The molecule has 0 aromatic carbocycles. The molecule has 1 unspecified atom stereocenters. The van der Waals surface area contributed by atoms with Crippen molar-refractivity contribution in [2.75, 3.05) is 23.8 Å². The summed E-state index contributed by atoms with van der Waals surface area (Å²) in [6.45, 7) is 4.10. The molecule has 1 aromatic heterocycles. The third-order valence-electron chi connectivity index (χ3n) is 2.20. The molecule has 84 valence electrons. The van der Waals surface area contributed by atoms with Gasteiger partial charge in [-0.2, -0.15) is 23.5 Å². The zero-order chi connectivity index (χ0) is 10.5. The van der Waals surface area contributed by atoms with E-state index in [1.807, 2.05) is 6.92 Å². The van der Waals surface area contributed by atoms with Crippen molar-refractivity contribution in [1.29, 1.82) is 0 Å².